The number of hydrogen-bond acceptors (Lipinski definition) is 3. The van der Waals surface area contributed by atoms with Gasteiger partial charge in [0.25, 0.3) is 5.91 Å². The highest BCUT2D eigenvalue weighted by molar-refractivity contribution is 5.94. The minimum absolute atomic E-state index is 0.159. The van der Waals surface area contributed by atoms with E-state index < -0.39 is 0 Å². The molecule has 5 rings (SSSR count). The highest BCUT2D eigenvalue weighted by atomic mass is 16.2. The fraction of sp³-hybridized carbons (Fsp3) is 0.385. The number of likely N-dealkylation sites (tertiary alicyclic amines) is 2. The summed E-state index contributed by atoms with van der Waals surface area (Å²) in [6.07, 6.45) is 6.34. The summed E-state index contributed by atoms with van der Waals surface area (Å²) in [5, 5.41) is 0. The summed E-state index contributed by atoms with van der Waals surface area (Å²) in [5.41, 5.74) is 4.08. The fourth-order valence-corrected chi connectivity index (χ4v) is 5.05. The van der Waals surface area contributed by atoms with E-state index in [2.05, 4.69) is 34.2 Å². The lowest BCUT2D eigenvalue weighted by atomic mass is 10.1. The first kappa shape index (κ1) is 20.0. The van der Waals surface area contributed by atoms with Crippen LogP contribution in [0.15, 0.2) is 61.2 Å². The zero-order valence-corrected chi connectivity index (χ0v) is 18.0. The van der Waals surface area contributed by atoms with Crippen molar-refractivity contribution in [2.75, 3.05) is 26.2 Å². The Labute approximate surface area is 184 Å². The second-order valence-corrected chi connectivity index (χ2v) is 8.73. The van der Waals surface area contributed by atoms with Gasteiger partial charge in [0.15, 0.2) is 0 Å². The maximum atomic E-state index is 13.0. The minimum atomic E-state index is 0.159. The monoisotopic (exact) mass is 414 g/mol. The Kier molecular flexibility index (Phi) is 5.60. The number of carbonyl (C=O) groups excluding carboxylic acids is 1. The average molecular weight is 415 g/mol. The summed E-state index contributed by atoms with van der Waals surface area (Å²) in [4.78, 5) is 22.4. The van der Waals surface area contributed by atoms with Crippen LogP contribution in [0.2, 0.25) is 0 Å². The third-order valence-electron chi connectivity index (χ3n) is 6.72. The molecular weight excluding hydrogens is 384 g/mol. The van der Waals surface area contributed by atoms with Crippen molar-refractivity contribution in [2.45, 2.75) is 38.3 Å². The van der Waals surface area contributed by atoms with Gasteiger partial charge in [-0.2, -0.15) is 0 Å². The number of hydrogen-bond donors (Lipinski definition) is 0. The van der Waals surface area contributed by atoms with E-state index in [1.165, 1.54) is 25.9 Å². The fourth-order valence-electron chi connectivity index (χ4n) is 5.05. The van der Waals surface area contributed by atoms with Crippen LogP contribution in [0.3, 0.4) is 0 Å². The Morgan fingerprint density at radius 2 is 1.84 bits per heavy atom. The van der Waals surface area contributed by atoms with E-state index in [0.717, 1.165) is 60.5 Å². The zero-order valence-electron chi connectivity index (χ0n) is 18.0. The van der Waals surface area contributed by atoms with Crippen molar-refractivity contribution >= 4 is 16.9 Å². The van der Waals surface area contributed by atoms with Gasteiger partial charge in [-0.25, -0.2) is 4.98 Å². The molecule has 31 heavy (non-hydrogen) atoms. The maximum absolute atomic E-state index is 13.0. The SMILES string of the molecule is C=CCn1c(Cc2ccc(C(=O)N3CC[C@H](N4CCCC4)C3)cc2)nc2ccccc21. The molecule has 2 fully saturated rings. The first-order valence-corrected chi connectivity index (χ1v) is 11.4. The van der Waals surface area contributed by atoms with Crippen LogP contribution in [0.25, 0.3) is 11.0 Å². The normalized spacial score (nSPS) is 19.4. The van der Waals surface area contributed by atoms with E-state index >= 15 is 0 Å². The maximum Gasteiger partial charge on any atom is 0.253 e. The third-order valence-corrected chi connectivity index (χ3v) is 6.72. The number of rotatable bonds is 6. The number of nitrogens with zero attached hydrogens (tertiary/aromatic N) is 4. The Hall–Kier alpha value is -2.92. The molecule has 2 saturated heterocycles. The quantitative estimate of drug-likeness (QED) is 0.570. The third kappa shape index (κ3) is 4.02. The highest BCUT2D eigenvalue weighted by Crippen LogP contribution is 2.23. The second-order valence-electron chi connectivity index (χ2n) is 8.73. The molecule has 3 aromatic rings. The number of aromatic nitrogens is 2. The topological polar surface area (TPSA) is 41.4 Å². The highest BCUT2D eigenvalue weighted by Gasteiger charge is 2.31. The predicted molar refractivity (Wildman–Crippen MR) is 124 cm³/mol. The molecule has 0 aliphatic carbocycles. The number of fused-ring (bicyclic) bond motifs is 1. The van der Waals surface area contributed by atoms with Crippen LogP contribution in [0.5, 0.6) is 0 Å². The van der Waals surface area contributed by atoms with E-state index in [-0.39, 0.29) is 5.91 Å². The first-order chi connectivity index (χ1) is 15.2. The van der Waals surface area contributed by atoms with Gasteiger partial charge in [0, 0.05) is 37.7 Å². The van der Waals surface area contributed by atoms with Gasteiger partial charge in [-0.05, 0) is 62.2 Å². The molecule has 1 amide bonds. The van der Waals surface area contributed by atoms with E-state index in [1.807, 2.05) is 41.3 Å². The lowest BCUT2D eigenvalue weighted by Crippen LogP contribution is -2.37. The molecule has 0 radical (unpaired) electrons. The van der Waals surface area contributed by atoms with E-state index in [0.29, 0.717) is 6.04 Å². The Balaban J connectivity index is 1.28. The molecule has 2 aromatic carbocycles. The van der Waals surface area contributed by atoms with Crippen molar-refractivity contribution in [1.29, 1.82) is 0 Å². The molecule has 2 aliphatic heterocycles. The summed E-state index contributed by atoms with van der Waals surface area (Å²) in [5.74, 6) is 1.18. The first-order valence-electron chi connectivity index (χ1n) is 11.4. The summed E-state index contributed by atoms with van der Waals surface area (Å²) >= 11 is 0. The van der Waals surface area contributed by atoms with Crippen molar-refractivity contribution < 1.29 is 4.79 Å². The summed E-state index contributed by atoms with van der Waals surface area (Å²) < 4.78 is 2.21. The number of imidazole rings is 1. The van der Waals surface area contributed by atoms with Gasteiger partial charge in [-0.1, -0.05) is 30.3 Å². The zero-order chi connectivity index (χ0) is 21.2. The summed E-state index contributed by atoms with van der Waals surface area (Å²) in [7, 11) is 0. The summed E-state index contributed by atoms with van der Waals surface area (Å²) in [6, 6.07) is 16.8. The molecule has 5 nitrogen and oxygen atoms in total. The van der Waals surface area contributed by atoms with Crippen LogP contribution in [0.1, 0.15) is 41.0 Å². The molecule has 1 aromatic heterocycles. The van der Waals surface area contributed by atoms with Crippen molar-refractivity contribution in [3.63, 3.8) is 0 Å². The van der Waals surface area contributed by atoms with Gasteiger partial charge in [0.1, 0.15) is 5.82 Å². The number of benzene rings is 2. The number of allylic oxidation sites excluding steroid dienone is 1. The number of amides is 1. The molecule has 5 heteroatoms. The van der Waals surface area contributed by atoms with Crippen LogP contribution >= 0.6 is 0 Å². The molecule has 160 valence electrons. The van der Waals surface area contributed by atoms with Crippen LogP contribution in [0, 0.1) is 0 Å². The molecule has 3 heterocycles. The van der Waals surface area contributed by atoms with E-state index in [9.17, 15) is 4.79 Å². The molecule has 0 bridgehead atoms. The Morgan fingerprint density at radius 3 is 2.61 bits per heavy atom. The Morgan fingerprint density at radius 1 is 1.06 bits per heavy atom. The van der Waals surface area contributed by atoms with Crippen molar-refractivity contribution in [3.05, 3.63) is 78.1 Å². The molecule has 0 spiro atoms. The van der Waals surface area contributed by atoms with Gasteiger partial charge >= 0.3 is 0 Å². The molecule has 1 atom stereocenters. The van der Waals surface area contributed by atoms with Crippen LogP contribution < -0.4 is 0 Å². The molecule has 0 N–H and O–H groups in total. The predicted octanol–water partition coefficient (Wildman–Crippen LogP) is 4.12. The van der Waals surface area contributed by atoms with E-state index in [4.69, 9.17) is 4.98 Å². The largest absolute Gasteiger partial charge is 0.337 e. The second kappa shape index (κ2) is 8.67. The smallest absolute Gasteiger partial charge is 0.253 e. The van der Waals surface area contributed by atoms with Crippen molar-refractivity contribution in [3.8, 4) is 0 Å². The molecule has 0 saturated carbocycles. The Bertz CT molecular complexity index is 1080. The van der Waals surface area contributed by atoms with E-state index in [1.54, 1.807) is 0 Å². The van der Waals surface area contributed by atoms with Gasteiger partial charge in [-0.3, -0.25) is 9.69 Å². The van der Waals surface area contributed by atoms with Crippen LogP contribution in [0.4, 0.5) is 0 Å². The standard InChI is InChI=1S/C26H30N4O/c1-2-14-30-24-8-4-3-7-23(24)27-25(30)18-20-9-11-21(12-10-20)26(31)29-17-13-22(19-29)28-15-5-6-16-28/h2-4,7-12,22H,1,5-6,13-19H2/t22-/m0/s1. The van der Waals surface area contributed by atoms with Gasteiger partial charge in [-0.15, -0.1) is 6.58 Å². The summed E-state index contributed by atoms with van der Waals surface area (Å²) in [6.45, 7) is 8.75. The van der Waals surface area contributed by atoms with Crippen molar-refractivity contribution in [1.82, 2.24) is 19.4 Å². The lowest BCUT2D eigenvalue weighted by molar-refractivity contribution is 0.0780. The van der Waals surface area contributed by atoms with Crippen LogP contribution in [-0.2, 0) is 13.0 Å². The lowest BCUT2D eigenvalue weighted by Gasteiger charge is -2.23. The van der Waals surface area contributed by atoms with Gasteiger partial charge < -0.3 is 9.47 Å². The molecule has 2 aliphatic rings. The molecular formula is C26H30N4O. The molecule has 0 unspecified atom stereocenters. The average Bonchev–Trinajstić information content (AvgIpc) is 3.55. The van der Waals surface area contributed by atoms with Gasteiger partial charge in [0.2, 0.25) is 0 Å². The number of para-hydroxylation sites is 2. The van der Waals surface area contributed by atoms with Crippen LogP contribution in [-0.4, -0.2) is 57.5 Å². The minimum Gasteiger partial charge on any atom is -0.337 e. The number of carbonyl (C=O) groups is 1. The van der Waals surface area contributed by atoms with Crippen molar-refractivity contribution in [2.24, 2.45) is 0 Å². The van der Waals surface area contributed by atoms with Gasteiger partial charge in [0.05, 0.1) is 11.0 Å².